The minimum atomic E-state index is -0.0550. The van der Waals surface area contributed by atoms with Gasteiger partial charge in [0.1, 0.15) is 0 Å². The summed E-state index contributed by atoms with van der Waals surface area (Å²) < 4.78 is 0. The summed E-state index contributed by atoms with van der Waals surface area (Å²) in [6.07, 6.45) is 0. The number of carbonyl (C=O) groups is 2. The highest BCUT2D eigenvalue weighted by molar-refractivity contribution is 7.12. The molecule has 3 nitrogen and oxygen atoms in total. The molecule has 1 amide bonds. The van der Waals surface area contributed by atoms with Crippen molar-refractivity contribution >= 4 is 23.0 Å². The molecule has 1 atom stereocenters. The summed E-state index contributed by atoms with van der Waals surface area (Å²) in [6.45, 7) is 5.55. The molecule has 0 aliphatic carbocycles. The second-order valence-electron chi connectivity index (χ2n) is 5.26. The molecule has 0 radical (unpaired) electrons. The number of aryl methyl sites for hydroxylation is 1. The van der Waals surface area contributed by atoms with Crippen molar-refractivity contribution in [3.05, 3.63) is 57.3 Å². The van der Waals surface area contributed by atoms with Gasteiger partial charge in [-0.15, -0.1) is 11.3 Å². The van der Waals surface area contributed by atoms with Crippen LogP contribution >= 0.6 is 11.3 Å². The molecular weight excluding hydrogens is 282 g/mol. The molecule has 0 saturated carbocycles. The summed E-state index contributed by atoms with van der Waals surface area (Å²) in [6, 6.07) is 9.83. The van der Waals surface area contributed by atoms with E-state index >= 15 is 0 Å². The van der Waals surface area contributed by atoms with Crippen LogP contribution in [0.1, 0.15) is 51.0 Å². The van der Waals surface area contributed by atoms with Crippen molar-refractivity contribution in [3.63, 3.8) is 0 Å². The molecule has 4 heteroatoms. The van der Waals surface area contributed by atoms with Gasteiger partial charge in [-0.05, 0) is 32.4 Å². The Morgan fingerprint density at radius 3 is 2.33 bits per heavy atom. The Labute approximate surface area is 129 Å². The molecule has 1 unspecified atom stereocenters. The fraction of sp³-hybridized carbons (Fsp3) is 0.294. The van der Waals surface area contributed by atoms with Crippen molar-refractivity contribution in [2.45, 2.75) is 26.8 Å². The molecular formula is C17H19NO2S. The summed E-state index contributed by atoms with van der Waals surface area (Å²) in [7, 11) is 1.79. The number of hydrogen-bond donors (Lipinski definition) is 0. The van der Waals surface area contributed by atoms with Crippen molar-refractivity contribution in [2.75, 3.05) is 7.05 Å². The quantitative estimate of drug-likeness (QED) is 0.798. The van der Waals surface area contributed by atoms with Crippen LogP contribution in [0, 0.1) is 6.92 Å². The van der Waals surface area contributed by atoms with Gasteiger partial charge < -0.3 is 4.90 Å². The highest BCUT2D eigenvalue weighted by Crippen LogP contribution is 2.24. The summed E-state index contributed by atoms with van der Waals surface area (Å²) in [4.78, 5) is 26.1. The van der Waals surface area contributed by atoms with Crippen molar-refractivity contribution in [2.24, 2.45) is 0 Å². The van der Waals surface area contributed by atoms with E-state index in [2.05, 4.69) is 0 Å². The van der Waals surface area contributed by atoms with Gasteiger partial charge in [-0.2, -0.15) is 0 Å². The van der Waals surface area contributed by atoms with E-state index in [1.165, 1.54) is 23.8 Å². The first-order chi connectivity index (χ1) is 9.90. The standard InChI is InChI=1S/C17H19NO2S/c1-11-5-7-14(8-6-11)12(2)18(4)17(20)16-9-15(10-21-16)13(3)19/h5-10,12H,1-4H3. The average molecular weight is 301 g/mol. The van der Waals surface area contributed by atoms with Gasteiger partial charge in [0.15, 0.2) is 5.78 Å². The molecule has 1 aromatic carbocycles. The Balaban J connectivity index is 2.17. The maximum absolute atomic E-state index is 12.5. The predicted molar refractivity (Wildman–Crippen MR) is 86.0 cm³/mol. The molecule has 1 aromatic heterocycles. The molecule has 0 saturated heterocycles. The number of thiophene rings is 1. The predicted octanol–water partition coefficient (Wildman–Crippen LogP) is 4.09. The van der Waals surface area contributed by atoms with E-state index in [0.717, 1.165) is 5.56 Å². The minimum absolute atomic E-state index is 0.0130. The molecule has 0 aliphatic rings. The molecule has 0 N–H and O–H groups in total. The first-order valence-electron chi connectivity index (χ1n) is 6.83. The number of rotatable bonds is 4. The molecule has 0 bridgehead atoms. The third kappa shape index (κ3) is 3.39. The minimum Gasteiger partial charge on any atom is -0.334 e. The maximum Gasteiger partial charge on any atom is 0.264 e. The Hall–Kier alpha value is -1.94. The van der Waals surface area contributed by atoms with Gasteiger partial charge in [-0.25, -0.2) is 0 Å². The molecule has 0 spiro atoms. The van der Waals surface area contributed by atoms with Crippen LogP contribution in [-0.2, 0) is 0 Å². The largest absolute Gasteiger partial charge is 0.334 e. The Bertz CT molecular complexity index is 658. The third-order valence-corrected chi connectivity index (χ3v) is 4.60. The van der Waals surface area contributed by atoms with Crippen molar-refractivity contribution in [1.29, 1.82) is 0 Å². The zero-order chi connectivity index (χ0) is 15.6. The molecule has 2 rings (SSSR count). The fourth-order valence-corrected chi connectivity index (χ4v) is 2.98. The van der Waals surface area contributed by atoms with Gasteiger partial charge in [0.2, 0.25) is 0 Å². The van der Waals surface area contributed by atoms with E-state index in [4.69, 9.17) is 0 Å². The number of nitrogens with zero attached hydrogens (tertiary/aromatic N) is 1. The number of ketones is 1. The van der Waals surface area contributed by atoms with Crippen molar-refractivity contribution in [1.82, 2.24) is 4.90 Å². The van der Waals surface area contributed by atoms with Crippen LogP contribution in [0.4, 0.5) is 0 Å². The number of amides is 1. The van der Waals surface area contributed by atoms with Gasteiger partial charge in [0.05, 0.1) is 10.9 Å². The van der Waals surface area contributed by atoms with Crippen molar-refractivity contribution < 1.29 is 9.59 Å². The second-order valence-corrected chi connectivity index (χ2v) is 6.17. The highest BCUT2D eigenvalue weighted by Gasteiger charge is 2.20. The number of hydrogen-bond acceptors (Lipinski definition) is 3. The molecule has 21 heavy (non-hydrogen) atoms. The average Bonchev–Trinajstić information content (AvgIpc) is 2.96. The van der Waals surface area contributed by atoms with Crippen LogP contribution in [0.5, 0.6) is 0 Å². The number of benzene rings is 1. The van der Waals surface area contributed by atoms with Crippen molar-refractivity contribution in [3.8, 4) is 0 Å². The zero-order valence-corrected chi connectivity index (χ0v) is 13.5. The first kappa shape index (κ1) is 15.4. The summed E-state index contributed by atoms with van der Waals surface area (Å²) in [5.74, 6) is -0.0693. The van der Waals surface area contributed by atoms with E-state index in [-0.39, 0.29) is 17.7 Å². The summed E-state index contributed by atoms with van der Waals surface area (Å²) in [5.41, 5.74) is 2.89. The van der Waals surface area contributed by atoms with Gasteiger partial charge in [0.25, 0.3) is 5.91 Å². The maximum atomic E-state index is 12.5. The Morgan fingerprint density at radius 2 is 1.81 bits per heavy atom. The van der Waals surface area contributed by atoms with Crippen LogP contribution in [0.25, 0.3) is 0 Å². The summed E-state index contributed by atoms with van der Waals surface area (Å²) >= 11 is 1.32. The van der Waals surface area contributed by atoms with E-state index in [1.807, 2.05) is 38.1 Å². The Kier molecular flexibility index (Phi) is 4.58. The lowest BCUT2D eigenvalue weighted by Crippen LogP contribution is -2.29. The monoisotopic (exact) mass is 301 g/mol. The van der Waals surface area contributed by atoms with Crippen LogP contribution in [0.15, 0.2) is 35.7 Å². The SMILES string of the molecule is CC(=O)c1csc(C(=O)N(C)C(C)c2ccc(C)cc2)c1. The smallest absolute Gasteiger partial charge is 0.264 e. The molecule has 2 aromatic rings. The normalized spacial score (nSPS) is 12.0. The van der Waals surface area contributed by atoms with Crippen LogP contribution in [0.2, 0.25) is 0 Å². The lowest BCUT2D eigenvalue weighted by atomic mass is 10.1. The Morgan fingerprint density at radius 1 is 1.19 bits per heavy atom. The zero-order valence-electron chi connectivity index (χ0n) is 12.7. The van der Waals surface area contributed by atoms with Crippen LogP contribution < -0.4 is 0 Å². The van der Waals surface area contributed by atoms with Gasteiger partial charge >= 0.3 is 0 Å². The van der Waals surface area contributed by atoms with E-state index < -0.39 is 0 Å². The van der Waals surface area contributed by atoms with Gasteiger partial charge in [0, 0.05) is 18.0 Å². The third-order valence-electron chi connectivity index (χ3n) is 3.68. The second kappa shape index (κ2) is 6.22. The van der Waals surface area contributed by atoms with E-state index in [0.29, 0.717) is 10.4 Å². The molecule has 110 valence electrons. The molecule has 0 fully saturated rings. The molecule has 1 heterocycles. The summed E-state index contributed by atoms with van der Waals surface area (Å²) in [5, 5.41) is 1.74. The fourth-order valence-electron chi connectivity index (χ4n) is 2.05. The highest BCUT2D eigenvalue weighted by atomic mass is 32.1. The van der Waals surface area contributed by atoms with E-state index in [9.17, 15) is 9.59 Å². The number of carbonyl (C=O) groups excluding carboxylic acids is 2. The molecule has 0 aliphatic heterocycles. The topological polar surface area (TPSA) is 37.4 Å². The lowest BCUT2D eigenvalue weighted by molar-refractivity contribution is 0.0747. The van der Waals surface area contributed by atoms with Crippen LogP contribution in [0.3, 0.4) is 0 Å². The number of Topliss-reactive ketones (excluding diaryl/α,β-unsaturated/α-hetero) is 1. The first-order valence-corrected chi connectivity index (χ1v) is 7.71. The van der Waals surface area contributed by atoms with E-state index in [1.54, 1.807) is 23.4 Å². The van der Waals surface area contributed by atoms with Gasteiger partial charge in [-0.1, -0.05) is 29.8 Å². The lowest BCUT2D eigenvalue weighted by Gasteiger charge is -2.25. The van der Waals surface area contributed by atoms with Crippen LogP contribution in [-0.4, -0.2) is 23.6 Å². The van der Waals surface area contributed by atoms with Gasteiger partial charge in [-0.3, -0.25) is 9.59 Å².